The van der Waals surface area contributed by atoms with Crippen molar-refractivity contribution in [2.24, 2.45) is 40.4 Å². The van der Waals surface area contributed by atoms with Gasteiger partial charge in [0.05, 0.1) is 0 Å². The molecular weight excluding hydrogens is 355 g/mol. The van der Waals surface area contributed by atoms with Crippen molar-refractivity contribution in [3.05, 3.63) is 0 Å². The van der Waals surface area contributed by atoms with Crippen molar-refractivity contribution >= 4 is 7.92 Å². The second-order valence-corrected chi connectivity index (χ2v) is 17.8. The number of hydrogen-bond donors (Lipinski definition) is 0. The summed E-state index contributed by atoms with van der Waals surface area (Å²) in [5.74, 6) is 3.58. The van der Waals surface area contributed by atoms with Gasteiger partial charge in [-0.15, -0.1) is 0 Å². The first-order valence-electron chi connectivity index (χ1n) is 12.0. The van der Waals surface area contributed by atoms with Crippen LogP contribution in [0.2, 0.25) is 0 Å². The molecule has 1 rings (SSSR count). The van der Waals surface area contributed by atoms with E-state index in [-0.39, 0.29) is 7.92 Å². The molecule has 1 heteroatoms. The van der Waals surface area contributed by atoms with Crippen LogP contribution >= 0.6 is 7.92 Å². The summed E-state index contributed by atoms with van der Waals surface area (Å²) in [5.41, 5.74) is 0.742. The van der Waals surface area contributed by atoms with Crippen LogP contribution in [-0.4, -0.2) is 15.5 Å². The second kappa shape index (κ2) is 7.84. The van der Waals surface area contributed by atoms with Gasteiger partial charge >= 0.3 is 0 Å². The Hall–Kier alpha value is 0.430. The maximum atomic E-state index is 2.66. The Morgan fingerprint density at radius 1 is 0.679 bits per heavy atom. The first-order chi connectivity index (χ1) is 12.2. The van der Waals surface area contributed by atoms with Crippen LogP contribution in [0.15, 0.2) is 0 Å². The van der Waals surface area contributed by atoms with Crippen LogP contribution in [0.25, 0.3) is 0 Å². The van der Waals surface area contributed by atoms with Gasteiger partial charge < -0.3 is 0 Å². The fourth-order valence-corrected chi connectivity index (χ4v) is 13.9. The Bertz CT molecular complexity index is 517. The van der Waals surface area contributed by atoms with E-state index in [0.29, 0.717) is 44.1 Å². The minimum Gasteiger partial charge on any atom is -0.0887 e. The van der Waals surface area contributed by atoms with Gasteiger partial charge in [-0.3, -0.25) is 0 Å². The lowest BCUT2D eigenvalue weighted by molar-refractivity contribution is -0.121. The maximum Gasteiger partial charge on any atom is -0.00257 e. The van der Waals surface area contributed by atoms with Gasteiger partial charge in [0.1, 0.15) is 0 Å². The summed E-state index contributed by atoms with van der Waals surface area (Å²) in [5, 5.41) is 1.10. The quantitative estimate of drug-likeness (QED) is 0.405. The summed E-state index contributed by atoms with van der Waals surface area (Å²) in [6.07, 6.45) is 1.39. The SMILES string of the molecule is CC(C)C1(C)CC(C(C)C)(P(C(C)(C)C)C(C)(C)C)C(C)C(C)(C(C)C)C1C. The first kappa shape index (κ1) is 26.5. The Morgan fingerprint density at radius 3 is 1.32 bits per heavy atom. The normalized spacial score (nSPS) is 38.1. The van der Waals surface area contributed by atoms with Crippen molar-refractivity contribution in [2.75, 3.05) is 0 Å². The van der Waals surface area contributed by atoms with E-state index in [9.17, 15) is 0 Å². The molecule has 0 aliphatic heterocycles. The Balaban J connectivity index is 4.00. The van der Waals surface area contributed by atoms with Gasteiger partial charge in [0.2, 0.25) is 0 Å². The van der Waals surface area contributed by atoms with Crippen molar-refractivity contribution < 1.29 is 0 Å². The predicted molar refractivity (Wildman–Crippen MR) is 133 cm³/mol. The third kappa shape index (κ3) is 3.87. The van der Waals surface area contributed by atoms with E-state index in [4.69, 9.17) is 0 Å². The first-order valence-corrected chi connectivity index (χ1v) is 13.4. The molecule has 0 amide bonds. The van der Waals surface area contributed by atoms with E-state index in [2.05, 4.69) is 111 Å². The molecule has 0 nitrogen and oxygen atoms in total. The molecule has 0 N–H and O–H groups in total. The smallest absolute Gasteiger partial charge is 0.00257 e. The Morgan fingerprint density at radius 2 is 1.07 bits per heavy atom. The molecule has 1 fully saturated rings. The largest absolute Gasteiger partial charge is 0.0887 e. The molecular formula is C27H55P. The topological polar surface area (TPSA) is 0 Å². The molecule has 0 heterocycles. The maximum absolute atomic E-state index is 2.66. The lowest BCUT2D eigenvalue weighted by Gasteiger charge is -2.71. The highest BCUT2D eigenvalue weighted by Gasteiger charge is 2.66. The summed E-state index contributed by atoms with van der Waals surface area (Å²) >= 11 is 0. The average Bonchev–Trinajstić information content (AvgIpc) is 2.46. The minimum atomic E-state index is -0.209. The fraction of sp³-hybridized carbons (Fsp3) is 1.00. The standard InChI is InChI=1S/C27H55P/c1-18(2)25(15)17-27(20(5)6,28(23(9,10)11)24(12,13)14)22(8)26(16,19(3)4)21(25)7/h18-22H,17H2,1-16H3. The van der Waals surface area contributed by atoms with E-state index in [1.807, 2.05) is 0 Å². The summed E-state index contributed by atoms with van der Waals surface area (Å²) in [4.78, 5) is 0. The van der Waals surface area contributed by atoms with E-state index >= 15 is 0 Å². The molecule has 168 valence electrons. The number of rotatable bonds is 4. The van der Waals surface area contributed by atoms with E-state index < -0.39 is 0 Å². The van der Waals surface area contributed by atoms with Crippen LogP contribution in [0.4, 0.5) is 0 Å². The van der Waals surface area contributed by atoms with Gasteiger partial charge in [-0.25, -0.2) is 0 Å². The summed E-state index contributed by atoms with van der Waals surface area (Å²) in [6.45, 7) is 40.9. The fourth-order valence-electron chi connectivity index (χ4n) is 7.73. The third-order valence-corrected chi connectivity index (χ3v) is 14.2. The second-order valence-electron chi connectivity index (χ2n) is 13.6. The molecule has 0 radical (unpaired) electrons. The highest BCUT2D eigenvalue weighted by molar-refractivity contribution is 7.62. The van der Waals surface area contributed by atoms with Crippen LogP contribution in [0.1, 0.15) is 117 Å². The zero-order chi connectivity index (χ0) is 22.7. The van der Waals surface area contributed by atoms with Crippen LogP contribution in [0, 0.1) is 40.4 Å². The summed E-state index contributed by atoms with van der Waals surface area (Å²) in [7, 11) is -0.209. The molecule has 0 aromatic rings. The molecule has 0 spiro atoms. The summed E-state index contributed by atoms with van der Waals surface area (Å²) < 4.78 is 0. The predicted octanol–water partition coefficient (Wildman–Crippen LogP) is 9.46. The Labute approximate surface area is 181 Å². The number of hydrogen-bond acceptors (Lipinski definition) is 0. The molecule has 28 heavy (non-hydrogen) atoms. The van der Waals surface area contributed by atoms with Gasteiger partial charge in [-0.1, -0.05) is 119 Å². The average molecular weight is 411 g/mol. The van der Waals surface area contributed by atoms with Crippen molar-refractivity contribution in [1.29, 1.82) is 0 Å². The van der Waals surface area contributed by atoms with E-state index in [1.165, 1.54) is 6.42 Å². The van der Waals surface area contributed by atoms with Crippen molar-refractivity contribution in [3.63, 3.8) is 0 Å². The van der Waals surface area contributed by atoms with Crippen LogP contribution in [0.5, 0.6) is 0 Å². The highest BCUT2D eigenvalue weighted by atomic mass is 31.1. The molecule has 0 aromatic carbocycles. The van der Waals surface area contributed by atoms with Gasteiger partial charge in [0.25, 0.3) is 0 Å². The van der Waals surface area contributed by atoms with Crippen molar-refractivity contribution in [3.8, 4) is 0 Å². The van der Waals surface area contributed by atoms with Crippen LogP contribution < -0.4 is 0 Å². The van der Waals surface area contributed by atoms with Crippen molar-refractivity contribution in [1.82, 2.24) is 0 Å². The molecule has 0 bridgehead atoms. The van der Waals surface area contributed by atoms with Gasteiger partial charge in [0.15, 0.2) is 0 Å². The lowest BCUT2D eigenvalue weighted by atomic mass is 9.43. The zero-order valence-corrected chi connectivity index (χ0v) is 23.4. The zero-order valence-electron chi connectivity index (χ0n) is 22.5. The van der Waals surface area contributed by atoms with Crippen LogP contribution in [-0.2, 0) is 0 Å². The highest BCUT2D eigenvalue weighted by Crippen LogP contribution is 2.79. The van der Waals surface area contributed by atoms with Crippen molar-refractivity contribution in [2.45, 2.75) is 133 Å². The molecule has 0 aromatic heterocycles. The van der Waals surface area contributed by atoms with Gasteiger partial charge in [-0.05, 0) is 62.3 Å². The molecule has 5 atom stereocenters. The molecule has 1 saturated carbocycles. The molecule has 5 unspecified atom stereocenters. The van der Waals surface area contributed by atoms with E-state index in [1.54, 1.807) is 0 Å². The van der Waals surface area contributed by atoms with Gasteiger partial charge in [0, 0.05) is 0 Å². The van der Waals surface area contributed by atoms with E-state index in [0.717, 1.165) is 11.8 Å². The minimum absolute atomic E-state index is 0.209. The Kier molecular flexibility index (Phi) is 7.41. The molecule has 1 aliphatic carbocycles. The summed E-state index contributed by atoms with van der Waals surface area (Å²) in [6, 6.07) is 0. The molecule has 1 aliphatic rings. The lowest BCUT2D eigenvalue weighted by Crippen LogP contribution is -2.65. The monoisotopic (exact) mass is 410 g/mol. The van der Waals surface area contributed by atoms with Crippen LogP contribution in [0.3, 0.4) is 0 Å². The third-order valence-electron chi connectivity index (χ3n) is 9.59. The molecule has 0 saturated heterocycles. The van der Waals surface area contributed by atoms with Gasteiger partial charge in [-0.2, -0.15) is 0 Å².